The summed E-state index contributed by atoms with van der Waals surface area (Å²) in [6, 6.07) is 7.96. The van der Waals surface area contributed by atoms with Crippen molar-refractivity contribution in [1.82, 2.24) is 21.3 Å². The lowest BCUT2D eigenvalue weighted by Gasteiger charge is -2.19. The Bertz CT molecular complexity index is 1370. The largest absolute Gasteiger partial charge is 0.480 e. The molecule has 0 aromatic heterocycles. The monoisotopic (exact) mass is 886 g/mol. The molecule has 354 valence electrons. The van der Waals surface area contributed by atoms with Crippen molar-refractivity contribution in [3.05, 3.63) is 35.9 Å². The molecular formula is C42H70N4O16. The summed E-state index contributed by atoms with van der Waals surface area (Å²) < 4.78 is 48.1. The van der Waals surface area contributed by atoms with Gasteiger partial charge in [0, 0.05) is 38.9 Å². The number of amides is 4. The summed E-state index contributed by atoms with van der Waals surface area (Å²) in [5.74, 6) is -1.98. The minimum atomic E-state index is -1.16. The number of hydrogen-bond acceptors (Lipinski definition) is 15. The first-order chi connectivity index (χ1) is 29.9. The van der Waals surface area contributed by atoms with Crippen molar-refractivity contribution in [3.8, 4) is 0 Å². The highest BCUT2D eigenvalue weighted by Crippen LogP contribution is 2.08. The van der Waals surface area contributed by atoms with Gasteiger partial charge in [-0.05, 0) is 45.6 Å². The van der Waals surface area contributed by atoms with E-state index in [1.54, 1.807) is 12.1 Å². The average molecular weight is 887 g/mol. The average Bonchev–Trinajstić information content (AvgIpc) is 3.22. The number of ether oxygens (including phenoxy) is 9. The van der Waals surface area contributed by atoms with E-state index in [4.69, 9.17) is 42.6 Å². The molecule has 0 saturated carbocycles. The van der Waals surface area contributed by atoms with Gasteiger partial charge in [-0.1, -0.05) is 30.3 Å². The lowest BCUT2D eigenvalue weighted by Crippen LogP contribution is -2.41. The van der Waals surface area contributed by atoms with Crippen LogP contribution in [-0.4, -0.2) is 165 Å². The molecule has 0 saturated heterocycles. The Morgan fingerprint density at radius 1 is 0.548 bits per heavy atom. The third-order valence-electron chi connectivity index (χ3n) is 7.96. The van der Waals surface area contributed by atoms with Gasteiger partial charge in [-0.2, -0.15) is 0 Å². The number of unbranched alkanes of at least 4 members (excludes halogenated alkanes) is 1. The molecule has 5 N–H and O–H groups in total. The van der Waals surface area contributed by atoms with Crippen LogP contribution in [0.4, 0.5) is 4.79 Å². The van der Waals surface area contributed by atoms with Crippen molar-refractivity contribution in [3.63, 3.8) is 0 Å². The van der Waals surface area contributed by atoms with E-state index in [0.29, 0.717) is 98.5 Å². The van der Waals surface area contributed by atoms with Gasteiger partial charge in [-0.25, -0.2) is 9.59 Å². The summed E-state index contributed by atoms with van der Waals surface area (Å²) in [5.41, 5.74) is 0.275. The summed E-state index contributed by atoms with van der Waals surface area (Å²) >= 11 is 0. The van der Waals surface area contributed by atoms with Crippen molar-refractivity contribution in [2.45, 2.75) is 84.0 Å². The maximum atomic E-state index is 12.0. The number of esters is 1. The first-order valence-electron chi connectivity index (χ1n) is 21.1. The molecule has 0 fully saturated rings. The Hall–Kier alpha value is -4.44. The Labute approximate surface area is 365 Å². The molecule has 0 radical (unpaired) electrons. The Morgan fingerprint density at radius 2 is 0.968 bits per heavy atom. The predicted octanol–water partition coefficient (Wildman–Crippen LogP) is 1.90. The standard InChI is InChI=1S/C42H70N4O16/c1-42(2,3)62-39(50)15-22-57-26-30-59-24-18-45-37(48)13-20-54-25-29-58-23-17-44-38(49)14-21-56-28-32-60-31-27-55-19-12-36(47)43-16-8-7-11-35(40(51)52)46-41(53)61-33-34-9-5-4-6-10-34/h4-6,9-10,35H,7-8,11-33H2,1-3H3,(H,43,47)(H,44,49)(H,45,48)(H,46,53)(H,51,52). The third kappa shape index (κ3) is 36.2. The number of hydrogen-bond donors (Lipinski definition) is 5. The molecule has 20 nitrogen and oxygen atoms in total. The smallest absolute Gasteiger partial charge is 0.408 e. The summed E-state index contributed by atoms with van der Waals surface area (Å²) in [6.45, 7) is 10.8. The Morgan fingerprint density at radius 3 is 1.42 bits per heavy atom. The fourth-order valence-electron chi connectivity index (χ4n) is 4.88. The zero-order valence-corrected chi connectivity index (χ0v) is 36.7. The fraction of sp³-hybridized carbons (Fsp3) is 0.714. The summed E-state index contributed by atoms with van der Waals surface area (Å²) in [7, 11) is 0. The van der Waals surface area contributed by atoms with E-state index in [1.165, 1.54) is 0 Å². The van der Waals surface area contributed by atoms with Crippen LogP contribution in [0.15, 0.2) is 30.3 Å². The molecule has 0 aliphatic heterocycles. The first kappa shape index (κ1) is 55.6. The predicted molar refractivity (Wildman–Crippen MR) is 224 cm³/mol. The van der Waals surface area contributed by atoms with Gasteiger partial charge < -0.3 is 69.0 Å². The van der Waals surface area contributed by atoms with Crippen LogP contribution in [0.3, 0.4) is 0 Å². The molecule has 0 aliphatic carbocycles. The third-order valence-corrected chi connectivity index (χ3v) is 7.96. The lowest BCUT2D eigenvalue weighted by molar-refractivity contribution is -0.156. The van der Waals surface area contributed by atoms with E-state index >= 15 is 0 Å². The number of benzene rings is 1. The van der Waals surface area contributed by atoms with E-state index in [9.17, 15) is 33.9 Å². The highest BCUT2D eigenvalue weighted by molar-refractivity contribution is 5.80. The van der Waals surface area contributed by atoms with Crippen molar-refractivity contribution >= 4 is 35.8 Å². The minimum absolute atomic E-state index is 0.0366. The first-order valence-corrected chi connectivity index (χ1v) is 21.1. The second-order valence-corrected chi connectivity index (χ2v) is 14.5. The number of carbonyl (C=O) groups excluding carboxylic acids is 5. The van der Waals surface area contributed by atoms with Crippen LogP contribution in [0.25, 0.3) is 0 Å². The van der Waals surface area contributed by atoms with Crippen LogP contribution >= 0.6 is 0 Å². The normalized spacial score (nSPS) is 11.7. The van der Waals surface area contributed by atoms with Gasteiger partial charge in [0.15, 0.2) is 0 Å². The molecule has 0 bridgehead atoms. The zero-order chi connectivity index (χ0) is 45.5. The van der Waals surface area contributed by atoms with E-state index in [0.717, 1.165) is 5.56 Å². The number of nitrogens with one attached hydrogen (secondary N) is 4. The van der Waals surface area contributed by atoms with Crippen LogP contribution in [0.1, 0.15) is 71.3 Å². The minimum Gasteiger partial charge on any atom is -0.480 e. The molecule has 62 heavy (non-hydrogen) atoms. The van der Waals surface area contributed by atoms with Crippen molar-refractivity contribution in [1.29, 1.82) is 0 Å². The van der Waals surface area contributed by atoms with Gasteiger partial charge in [0.05, 0.1) is 98.9 Å². The number of rotatable bonds is 39. The van der Waals surface area contributed by atoms with Crippen LogP contribution < -0.4 is 21.3 Å². The molecule has 1 rings (SSSR count). The molecule has 0 aliphatic rings. The lowest BCUT2D eigenvalue weighted by atomic mass is 10.1. The highest BCUT2D eigenvalue weighted by atomic mass is 16.6. The van der Waals surface area contributed by atoms with Gasteiger partial charge in [0.1, 0.15) is 18.2 Å². The second kappa shape index (κ2) is 37.1. The van der Waals surface area contributed by atoms with Gasteiger partial charge >= 0.3 is 18.0 Å². The second-order valence-electron chi connectivity index (χ2n) is 14.5. The quantitative estimate of drug-likeness (QED) is 0.0468. The molecule has 1 aromatic carbocycles. The van der Waals surface area contributed by atoms with Crippen molar-refractivity contribution in [2.75, 3.05) is 112 Å². The zero-order valence-electron chi connectivity index (χ0n) is 36.7. The van der Waals surface area contributed by atoms with Crippen LogP contribution in [0.2, 0.25) is 0 Å². The van der Waals surface area contributed by atoms with Crippen LogP contribution in [0.5, 0.6) is 0 Å². The maximum absolute atomic E-state index is 12.0. The van der Waals surface area contributed by atoms with E-state index in [1.807, 2.05) is 39.0 Å². The van der Waals surface area contributed by atoms with E-state index in [2.05, 4.69) is 21.3 Å². The molecule has 1 unspecified atom stereocenters. The van der Waals surface area contributed by atoms with Gasteiger partial charge in [0.25, 0.3) is 0 Å². The Kier molecular flexibility index (Phi) is 33.3. The van der Waals surface area contributed by atoms with Crippen molar-refractivity contribution in [2.24, 2.45) is 0 Å². The van der Waals surface area contributed by atoms with E-state index < -0.39 is 23.7 Å². The number of alkyl carbamates (subject to hydrolysis) is 1. The van der Waals surface area contributed by atoms with Gasteiger partial charge in [-0.15, -0.1) is 0 Å². The number of carbonyl (C=O) groups is 6. The maximum Gasteiger partial charge on any atom is 0.408 e. The fourth-order valence-corrected chi connectivity index (χ4v) is 4.88. The van der Waals surface area contributed by atoms with Crippen LogP contribution in [-0.2, 0) is 73.2 Å². The number of aliphatic carboxylic acids is 1. The molecule has 1 atom stereocenters. The summed E-state index contributed by atoms with van der Waals surface area (Å²) in [6.07, 6.45) is 1.15. The summed E-state index contributed by atoms with van der Waals surface area (Å²) in [5, 5.41) is 20.0. The topological polar surface area (TPSA) is 254 Å². The molecular weight excluding hydrogens is 816 g/mol. The molecule has 20 heteroatoms. The Balaban J connectivity index is 1.82. The number of carboxylic acids is 1. The molecule has 0 heterocycles. The van der Waals surface area contributed by atoms with Crippen LogP contribution in [0, 0.1) is 0 Å². The highest BCUT2D eigenvalue weighted by Gasteiger charge is 2.20. The van der Waals surface area contributed by atoms with Gasteiger partial charge in [-0.3, -0.25) is 19.2 Å². The number of carboxylic acid groups (broad SMARTS) is 1. The van der Waals surface area contributed by atoms with Gasteiger partial charge in [0.2, 0.25) is 17.7 Å². The van der Waals surface area contributed by atoms with E-state index in [-0.39, 0.29) is 88.8 Å². The SMILES string of the molecule is CC(C)(C)OC(=O)CCOCCOCCNC(=O)CCOCCOCCNC(=O)CCOCCOCCOCCC(=O)NCCCCC(NC(=O)OCc1ccccc1)C(=O)O. The summed E-state index contributed by atoms with van der Waals surface area (Å²) in [4.78, 5) is 71.0. The van der Waals surface area contributed by atoms with Crippen molar-refractivity contribution < 1.29 is 76.5 Å². The molecule has 1 aromatic rings. The molecule has 4 amide bonds. The molecule has 0 spiro atoms.